The summed E-state index contributed by atoms with van der Waals surface area (Å²) in [6.45, 7) is 0. The summed E-state index contributed by atoms with van der Waals surface area (Å²) in [6.07, 6.45) is 1.82. The highest BCUT2D eigenvalue weighted by Gasteiger charge is 2.42. The number of carbonyl (C=O) groups is 1. The number of nitrogens with zero attached hydrogens (tertiary/aromatic N) is 1. The first kappa shape index (κ1) is 10.7. The van der Waals surface area contributed by atoms with Crippen LogP contribution in [0.3, 0.4) is 0 Å². The van der Waals surface area contributed by atoms with Crippen LogP contribution in [0.5, 0.6) is 0 Å². The van der Waals surface area contributed by atoms with Crippen molar-refractivity contribution >= 4 is 11.9 Å². The fraction of sp³-hybridized carbons (Fsp3) is 0.333. The lowest BCUT2D eigenvalue weighted by molar-refractivity contribution is -0.119. The summed E-state index contributed by atoms with van der Waals surface area (Å²) < 4.78 is 0. The lowest BCUT2D eigenvalue weighted by atomic mass is 10.1. The molecule has 0 aromatic heterocycles. The van der Waals surface area contributed by atoms with Crippen molar-refractivity contribution < 1.29 is 4.79 Å². The highest BCUT2D eigenvalue weighted by Crippen LogP contribution is 2.41. The molecule has 0 aliphatic heterocycles. The minimum absolute atomic E-state index is 0.0160. The van der Waals surface area contributed by atoms with Crippen LogP contribution < -0.4 is 11.5 Å². The molecule has 0 radical (unpaired) electrons. The Morgan fingerprint density at radius 3 is 2.62 bits per heavy atom. The molecule has 1 aromatic rings. The van der Waals surface area contributed by atoms with Crippen LogP contribution in [-0.2, 0) is 11.2 Å². The van der Waals surface area contributed by atoms with Crippen LogP contribution in [0, 0.1) is 11.8 Å². The van der Waals surface area contributed by atoms with E-state index in [0.717, 1.165) is 12.8 Å². The molecule has 1 aliphatic carbocycles. The van der Waals surface area contributed by atoms with E-state index in [2.05, 4.69) is 17.1 Å². The van der Waals surface area contributed by atoms with Crippen molar-refractivity contribution in [2.45, 2.75) is 12.8 Å². The molecule has 0 unspecified atom stereocenters. The summed E-state index contributed by atoms with van der Waals surface area (Å²) >= 11 is 0. The molecule has 4 heteroatoms. The Morgan fingerprint density at radius 1 is 1.31 bits per heavy atom. The highest BCUT2D eigenvalue weighted by molar-refractivity contribution is 5.93. The molecule has 84 valence electrons. The predicted molar refractivity (Wildman–Crippen MR) is 62.6 cm³/mol. The molecule has 0 bridgehead atoms. The fourth-order valence-electron chi connectivity index (χ4n) is 1.90. The molecule has 16 heavy (non-hydrogen) atoms. The monoisotopic (exact) mass is 217 g/mol. The summed E-state index contributed by atoms with van der Waals surface area (Å²) in [4.78, 5) is 15.0. The van der Waals surface area contributed by atoms with E-state index in [1.165, 1.54) is 5.56 Å². The van der Waals surface area contributed by atoms with Crippen molar-refractivity contribution in [3.63, 3.8) is 0 Å². The SMILES string of the molecule is NC(N)=NC(=O)[C@@H]1C[C@H]1Cc1ccccc1. The van der Waals surface area contributed by atoms with E-state index in [9.17, 15) is 4.79 Å². The van der Waals surface area contributed by atoms with E-state index < -0.39 is 0 Å². The first-order valence-electron chi connectivity index (χ1n) is 5.34. The molecule has 2 atom stereocenters. The molecule has 4 nitrogen and oxygen atoms in total. The minimum Gasteiger partial charge on any atom is -0.370 e. The van der Waals surface area contributed by atoms with E-state index in [4.69, 9.17) is 11.5 Å². The van der Waals surface area contributed by atoms with Gasteiger partial charge in [0.05, 0.1) is 0 Å². The third kappa shape index (κ3) is 2.59. The van der Waals surface area contributed by atoms with Gasteiger partial charge < -0.3 is 11.5 Å². The Hall–Kier alpha value is -1.84. The summed E-state index contributed by atoms with van der Waals surface area (Å²) in [6, 6.07) is 10.1. The summed E-state index contributed by atoms with van der Waals surface area (Å²) in [7, 11) is 0. The van der Waals surface area contributed by atoms with Crippen LogP contribution in [-0.4, -0.2) is 11.9 Å². The van der Waals surface area contributed by atoms with Crippen LogP contribution in [0.15, 0.2) is 35.3 Å². The van der Waals surface area contributed by atoms with Gasteiger partial charge in [0.2, 0.25) is 0 Å². The molecule has 2 rings (SSSR count). The first-order chi connectivity index (χ1) is 7.66. The number of rotatable bonds is 3. The molecule has 1 fully saturated rings. The summed E-state index contributed by atoms with van der Waals surface area (Å²) in [5, 5.41) is 0. The van der Waals surface area contributed by atoms with Crippen LogP contribution in [0.2, 0.25) is 0 Å². The molecule has 1 saturated carbocycles. The van der Waals surface area contributed by atoms with Crippen molar-refractivity contribution in [3.05, 3.63) is 35.9 Å². The van der Waals surface area contributed by atoms with Crippen LogP contribution in [0.25, 0.3) is 0 Å². The van der Waals surface area contributed by atoms with Gasteiger partial charge in [-0.15, -0.1) is 0 Å². The first-order valence-corrected chi connectivity index (χ1v) is 5.34. The predicted octanol–water partition coefficient (Wildman–Crippen LogP) is 0.665. The Morgan fingerprint density at radius 2 is 2.00 bits per heavy atom. The molecule has 1 amide bonds. The fourth-order valence-corrected chi connectivity index (χ4v) is 1.90. The standard InChI is InChI=1S/C12H15N3O/c13-12(14)15-11(16)10-7-9(10)6-8-4-2-1-3-5-8/h1-5,9-10H,6-7H2,(H4,13,14,15,16)/t9-,10-/m1/s1. The van der Waals surface area contributed by atoms with E-state index in [0.29, 0.717) is 5.92 Å². The molecular weight excluding hydrogens is 202 g/mol. The second kappa shape index (κ2) is 4.35. The summed E-state index contributed by atoms with van der Waals surface area (Å²) in [5.74, 6) is 0.0941. The maximum atomic E-state index is 11.5. The third-order valence-electron chi connectivity index (χ3n) is 2.82. The average molecular weight is 217 g/mol. The Kier molecular flexibility index (Phi) is 2.90. The molecule has 0 spiro atoms. The van der Waals surface area contributed by atoms with Gasteiger partial charge in [0, 0.05) is 5.92 Å². The van der Waals surface area contributed by atoms with Crippen molar-refractivity contribution in [3.8, 4) is 0 Å². The number of nitrogens with two attached hydrogens (primary N) is 2. The van der Waals surface area contributed by atoms with Gasteiger partial charge in [-0.2, -0.15) is 4.99 Å². The largest absolute Gasteiger partial charge is 0.370 e. The number of carbonyl (C=O) groups excluding carboxylic acids is 1. The zero-order chi connectivity index (χ0) is 11.5. The molecule has 0 heterocycles. The van der Waals surface area contributed by atoms with E-state index in [1.807, 2.05) is 18.2 Å². The number of hydrogen-bond acceptors (Lipinski definition) is 1. The van der Waals surface area contributed by atoms with E-state index in [-0.39, 0.29) is 17.8 Å². The number of hydrogen-bond donors (Lipinski definition) is 2. The van der Waals surface area contributed by atoms with Crippen molar-refractivity contribution in [1.82, 2.24) is 0 Å². The molecule has 1 aromatic carbocycles. The lowest BCUT2D eigenvalue weighted by Gasteiger charge is -1.98. The lowest BCUT2D eigenvalue weighted by Crippen LogP contribution is -2.24. The van der Waals surface area contributed by atoms with Gasteiger partial charge in [-0.3, -0.25) is 4.79 Å². The third-order valence-corrected chi connectivity index (χ3v) is 2.82. The average Bonchev–Trinajstić information content (AvgIpc) is 2.98. The van der Waals surface area contributed by atoms with Gasteiger partial charge in [-0.1, -0.05) is 30.3 Å². The van der Waals surface area contributed by atoms with Crippen molar-refractivity contribution in [2.24, 2.45) is 28.3 Å². The maximum absolute atomic E-state index is 11.5. The smallest absolute Gasteiger partial charge is 0.252 e. The van der Waals surface area contributed by atoms with Gasteiger partial charge >= 0.3 is 0 Å². The van der Waals surface area contributed by atoms with E-state index >= 15 is 0 Å². The Bertz CT molecular complexity index is 410. The van der Waals surface area contributed by atoms with Gasteiger partial charge in [0.25, 0.3) is 5.91 Å². The van der Waals surface area contributed by atoms with Crippen molar-refractivity contribution in [2.75, 3.05) is 0 Å². The van der Waals surface area contributed by atoms with E-state index in [1.54, 1.807) is 0 Å². The maximum Gasteiger partial charge on any atom is 0.252 e. The quantitative estimate of drug-likeness (QED) is 0.576. The Labute approximate surface area is 94.4 Å². The van der Waals surface area contributed by atoms with Gasteiger partial charge in [-0.25, -0.2) is 0 Å². The Balaban J connectivity index is 1.89. The normalized spacial score (nSPS) is 22.5. The molecule has 1 aliphatic rings. The van der Waals surface area contributed by atoms with Crippen molar-refractivity contribution in [1.29, 1.82) is 0 Å². The van der Waals surface area contributed by atoms with Gasteiger partial charge in [-0.05, 0) is 24.3 Å². The number of amides is 1. The van der Waals surface area contributed by atoms with Crippen LogP contribution in [0.1, 0.15) is 12.0 Å². The molecule has 0 saturated heterocycles. The number of aliphatic imine (C=N–C) groups is 1. The van der Waals surface area contributed by atoms with Gasteiger partial charge in [0.15, 0.2) is 5.96 Å². The molecule has 4 N–H and O–H groups in total. The minimum atomic E-state index is -0.180. The number of guanidine groups is 1. The van der Waals surface area contributed by atoms with Crippen LogP contribution in [0.4, 0.5) is 0 Å². The zero-order valence-corrected chi connectivity index (χ0v) is 8.97. The topological polar surface area (TPSA) is 81.5 Å². The summed E-state index contributed by atoms with van der Waals surface area (Å²) in [5.41, 5.74) is 11.6. The van der Waals surface area contributed by atoms with Crippen LogP contribution >= 0.6 is 0 Å². The van der Waals surface area contributed by atoms with Gasteiger partial charge in [0.1, 0.15) is 0 Å². The number of benzene rings is 1. The molecular formula is C12H15N3O. The second-order valence-corrected chi connectivity index (χ2v) is 4.17. The highest BCUT2D eigenvalue weighted by atomic mass is 16.1. The second-order valence-electron chi connectivity index (χ2n) is 4.17. The zero-order valence-electron chi connectivity index (χ0n) is 8.97.